The van der Waals surface area contributed by atoms with Gasteiger partial charge in [0.1, 0.15) is 5.82 Å². The van der Waals surface area contributed by atoms with E-state index in [4.69, 9.17) is 5.73 Å². The summed E-state index contributed by atoms with van der Waals surface area (Å²) in [5, 5.41) is 2.00. The van der Waals surface area contributed by atoms with E-state index in [1.165, 1.54) is 12.1 Å². The first-order valence-electron chi connectivity index (χ1n) is 5.45. The van der Waals surface area contributed by atoms with Crippen molar-refractivity contribution in [3.63, 3.8) is 0 Å². The molecule has 0 aliphatic heterocycles. The highest BCUT2D eigenvalue weighted by Crippen LogP contribution is 2.08. The fraction of sp³-hybridized carbons (Fsp3) is 0.333. The summed E-state index contributed by atoms with van der Waals surface area (Å²) in [7, 11) is 1.70. The van der Waals surface area contributed by atoms with E-state index in [1.807, 2.05) is 5.32 Å². The molecule has 0 aliphatic rings. The molecule has 1 atom stereocenters. The number of primary amides is 1. The molecule has 1 unspecified atom stereocenters. The van der Waals surface area contributed by atoms with Crippen LogP contribution in [-0.4, -0.2) is 29.9 Å². The summed E-state index contributed by atoms with van der Waals surface area (Å²) in [6.07, 6.45) is 0. The van der Waals surface area contributed by atoms with E-state index in [-0.39, 0.29) is 5.82 Å². The number of imide groups is 1. The average Bonchev–Trinajstić information content (AvgIpc) is 2.27. The lowest BCUT2D eigenvalue weighted by atomic mass is 10.2. The van der Waals surface area contributed by atoms with Gasteiger partial charge in [-0.05, 0) is 31.7 Å². The van der Waals surface area contributed by atoms with Gasteiger partial charge in [0.25, 0.3) is 0 Å². The van der Waals surface area contributed by atoms with E-state index < -0.39 is 18.0 Å². The summed E-state index contributed by atoms with van der Waals surface area (Å²) in [5.41, 5.74) is 5.61. The molecule has 0 fully saturated rings. The minimum Gasteiger partial charge on any atom is -0.351 e. The fourth-order valence-corrected chi connectivity index (χ4v) is 1.49. The van der Waals surface area contributed by atoms with Gasteiger partial charge in [-0.1, -0.05) is 12.1 Å². The van der Waals surface area contributed by atoms with Crippen LogP contribution >= 0.6 is 0 Å². The van der Waals surface area contributed by atoms with E-state index in [0.29, 0.717) is 6.54 Å². The van der Waals surface area contributed by atoms with E-state index >= 15 is 0 Å². The molecular weight excluding hydrogens is 237 g/mol. The second-order valence-corrected chi connectivity index (χ2v) is 4.07. The lowest BCUT2D eigenvalue weighted by Gasteiger charge is -2.23. The molecule has 18 heavy (non-hydrogen) atoms. The third kappa shape index (κ3) is 4.14. The molecule has 1 aromatic carbocycles. The molecule has 0 radical (unpaired) electrons. The largest absolute Gasteiger partial charge is 0.351 e. The lowest BCUT2D eigenvalue weighted by Crippen LogP contribution is -2.46. The number of benzene rings is 1. The van der Waals surface area contributed by atoms with Gasteiger partial charge >= 0.3 is 6.03 Å². The van der Waals surface area contributed by atoms with Crippen molar-refractivity contribution in [3.8, 4) is 0 Å². The van der Waals surface area contributed by atoms with Crippen molar-refractivity contribution in [1.29, 1.82) is 0 Å². The zero-order valence-corrected chi connectivity index (χ0v) is 10.3. The zero-order chi connectivity index (χ0) is 13.7. The van der Waals surface area contributed by atoms with Crippen LogP contribution in [0.2, 0.25) is 0 Å². The van der Waals surface area contributed by atoms with Crippen LogP contribution in [0.4, 0.5) is 9.18 Å². The highest BCUT2D eigenvalue weighted by Gasteiger charge is 2.19. The molecule has 0 spiro atoms. The monoisotopic (exact) mass is 253 g/mol. The second-order valence-electron chi connectivity index (χ2n) is 4.07. The maximum atomic E-state index is 13.0. The van der Waals surface area contributed by atoms with Gasteiger partial charge in [0, 0.05) is 6.54 Å². The Morgan fingerprint density at radius 1 is 1.50 bits per heavy atom. The summed E-state index contributed by atoms with van der Waals surface area (Å²) in [4.78, 5) is 23.8. The molecule has 0 heterocycles. The van der Waals surface area contributed by atoms with Crippen molar-refractivity contribution in [2.45, 2.75) is 19.5 Å². The molecular formula is C12H16FN3O2. The molecule has 1 aromatic rings. The third-order valence-electron chi connectivity index (χ3n) is 2.61. The SMILES string of the molecule is CC(C(=O)NC(N)=O)N(C)Cc1cccc(F)c1. The van der Waals surface area contributed by atoms with Crippen LogP contribution in [0.15, 0.2) is 24.3 Å². The van der Waals surface area contributed by atoms with E-state index in [9.17, 15) is 14.0 Å². The number of hydrogen-bond donors (Lipinski definition) is 2. The summed E-state index contributed by atoms with van der Waals surface area (Å²) in [6.45, 7) is 2.03. The minimum absolute atomic E-state index is 0.324. The predicted octanol–water partition coefficient (Wildman–Crippen LogP) is 0.841. The summed E-state index contributed by atoms with van der Waals surface area (Å²) in [5.74, 6) is -0.809. The number of nitrogens with zero attached hydrogens (tertiary/aromatic N) is 1. The number of rotatable bonds is 4. The maximum Gasteiger partial charge on any atom is 0.318 e. The van der Waals surface area contributed by atoms with Crippen LogP contribution in [0, 0.1) is 5.82 Å². The molecule has 0 aliphatic carbocycles. The minimum atomic E-state index is -0.883. The van der Waals surface area contributed by atoms with Crippen molar-refractivity contribution in [3.05, 3.63) is 35.6 Å². The van der Waals surface area contributed by atoms with Gasteiger partial charge in [0.05, 0.1) is 6.04 Å². The van der Waals surface area contributed by atoms with Crippen molar-refractivity contribution >= 4 is 11.9 Å². The lowest BCUT2D eigenvalue weighted by molar-refractivity contribution is -0.124. The van der Waals surface area contributed by atoms with Crippen molar-refractivity contribution in [2.24, 2.45) is 5.73 Å². The summed E-state index contributed by atoms with van der Waals surface area (Å²) in [6, 6.07) is 4.69. The Morgan fingerprint density at radius 3 is 2.72 bits per heavy atom. The Balaban J connectivity index is 2.62. The van der Waals surface area contributed by atoms with Crippen LogP contribution in [0.3, 0.4) is 0 Å². The molecule has 5 nitrogen and oxygen atoms in total. The second kappa shape index (κ2) is 6.11. The normalized spacial score (nSPS) is 12.2. The topological polar surface area (TPSA) is 75.4 Å². The van der Waals surface area contributed by atoms with Crippen LogP contribution in [-0.2, 0) is 11.3 Å². The Bertz CT molecular complexity index is 451. The first-order chi connectivity index (χ1) is 8.40. The predicted molar refractivity (Wildman–Crippen MR) is 65.1 cm³/mol. The van der Waals surface area contributed by atoms with Gasteiger partial charge in [0.2, 0.25) is 5.91 Å². The number of halogens is 1. The number of carbonyl (C=O) groups is 2. The molecule has 1 rings (SSSR count). The highest BCUT2D eigenvalue weighted by atomic mass is 19.1. The van der Waals surface area contributed by atoms with Gasteiger partial charge in [0.15, 0.2) is 0 Å². The van der Waals surface area contributed by atoms with Crippen LogP contribution in [0.1, 0.15) is 12.5 Å². The zero-order valence-electron chi connectivity index (χ0n) is 10.3. The third-order valence-corrected chi connectivity index (χ3v) is 2.61. The van der Waals surface area contributed by atoms with Gasteiger partial charge in [-0.15, -0.1) is 0 Å². The Morgan fingerprint density at radius 2 is 2.17 bits per heavy atom. The maximum absolute atomic E-state index is 13.0. The highest BCUT2D eigenvalue weighted by molar-refractivity contribution is 5.96. The molecule has 98 valence electrons. The quantitative estimate of drug-likeness (QED) is 0.835. The van der Waals surface area contributed by atoms with Crippen molar-refractivity contribution in [1.82, 2.24) is 10.2 Å². The Labute approximate surface area is 105 Å². The number of amides is 3. The number of nitrogens with two attached hydrogens (primary N) is 1. The van der Waals surface area contributed by atoms with E-state index in [0.717, 1.165) is 5.56 Å². The number of hydrogen-bond acceptors (Lipinski definition) is 3. The summed E-state index contributed by atoms with van der Waals surface area (Å²) >= 11 is 0. The van der Waals surface area contributed by atoms with Gasteiger partial charge < -0.3 is 5.73 Å². The van der Waals surface area contributed by atoms with Crippen LogP contribution < -0.4 is 11.1 Å². The molecule has 0 saturated carbocycles. The molecule has 0 bridgehead atoms. The van der Waals surface area contributed by atoms with Crippen LogP contribution in [0.25, 0.3) is 0 Å². The molecule has 0 aromatic heterocycles. The van der Waals surface area contributed by atoms with E-state index in [2.05, 4.69) is 0 Å². The first-order valence-corrected chi connectivity index (χ1v) is 5.45. The molecule has 0 saturated heterocycles. The number of likely N-dealkylation sites (N-methyl/N-ethyl adjacent to an activating group) is 1. The molecule has 3 amide bonds. The number of carbonyl (C=O) groups excluding carboxylic acids is 2. The smallest absolute Gasteiger partial charge is 0.318 e. The number of urea groups is 1. The standard InChI is InChI=1S/C12H16FN3O2/c1-8(11(17)15-12(14)18)16(2)7-9-4-3-5-10(13)6-9/h3-6,8H,7H2,1-2H3,(H3,14,15,17,18). The fourth-order valence-electron chi connectivity index (χ4n) is 1.49. The van der Waals surface area contributed by atoms with Gasteiger partial charge in [-0.25, -0.2) is 9.18 Å². The first kappa shape index (κ1) is 14.1. The number of nitrogens with one attached hydrogen (secondary N) is 1. The Kier molecular flexibility index (Phi) is 4.79. The van der Waals surface area contributed by atoms with Gasteiger partial charge in [-0.3, -0.25) is 15.0 Å². The van der Waals surface area contributed by atoms with E-state index in [1.54, 1.807) is 31.0 Å². The molecule has 3 N–H and O–H groups in total. The average molecular weight is 253 g/mol. The molecule has 6 heteroatoms. The Hall–Kier alpha value is -1.95. The van der Waals surface area contributed by atoms with Crippen molar-refractivity contribution in [2.75, 3.05) is 7.05 Å². The van der Waals surface area contributed by atoms with Gasteiger partial charge in [-0.2, -0.15) is 0 Å². The van der Waals surface area contributed by atoms with Crippen LogP contribution in [0.5, 0.6) is 0 Å². The van der Waals surface area contributed by atoms with Crippen molar-refractivity contribution < 1.29 is 14.0 Å². The summed E-state index contributed by atoms with van der Waals surface area (Å²) < 4.78 is 13.0.